The minimum absolute atomic E-state index is 0.0717. The molecule has 320 valence electrons. The van der Waals surface area contributed by atoms with E-state index in [1.807, 2.05) is 91.0 Å². The number of β-lactam (4-membered cyclic amide) rings is 1. The summed E-state index contributed by atoms with van der Waals surface area (Å²) >= 11 is 2.11. The summed E-state index contributed by atoms with van der Waals surface area (Å²) in [7, 11) is 0. The normalized spacial score (nSPS) is 21.2. The number of benzene rings is 3. The fourth-order valence-corrected chi connectivity index (χ4v) is 9.82. The summed E-state index contributed by atoms with van der Waals surface area (Å²) in [6, 6.07) is 26.9. The van der Waals surface area contributed by atoms with Crippen molar-refractivity contribution >= 4 is 63.9 Å². The van der Waals surface area contributed by atoms with Crippen molar-refractivity contribution in [3.05, 3.63) is 136 Å². The number of fused-ring (bicyclic) bond motifs is 1. The summed E-state index contributed by atoms with van der Waals surface area (Å²) in [6.07, 6.45) is 2.09. The highest BCUT2D eigenvalue weighted by molar-refractivity contribution is 8.00. The third-order valence-corrected chi connectivity index (χ3v) is 12.8. The Balaban J connectivity index is 1.03. The van der Waals surface area contributed by atoms with E-state index in [0.717, 1.165) is 16.4 Å². The number of nitrogens with zero attached hydrogens (tertiary/aromatic N) is 6. The van der Waals surface area contributed by atoms with E-state index in [2.05, 4.69) is 19.8 Å². The summed E-state index contributed by atoms with van der Waals surface area (Å²) in [6.45, 7) is 6.59. The first-order valence-corrected chi connectivity index (χ1v) is 21.8. The number of carboxylic acids is 1. The number of aromatic nitrogens is 2. The first-order chi connectivity index (χ1) is 29.7. The maximum Gasteiger partial charge on any atom is 0.410 e. The van der Waals surface area contributed by atoms with E-state index in [1.54, 1.807) is 36.6 Å². The number of nitrogens with one attached hydrogen (secondary N) is 1. The molecule has 3 atom stereocenters. The van der Waals surface area contributed by atoms with Gasteiger partial charge in [0.1, 0.15) is 22.7 Å². The summed E-state index contributed by atoms with van der Waals surface area (Å²) in [5, 5.41) is 16.9. The number of aliphatic carboxylic acids is 1. The van der Waals surface area contributed by atoms with Crippen molar-refractivity contribution in [1.29, 1.82) is 0 Å². The predicted octanol–water partition coefficient (Wildman–Crippen LogP) is 4.74. The van der Waals surface area contributed by atoms with Gasteiger partial charge in [-0.15, -0.1) is 11.8 Å². The Morgan fingerprint density at radius 3 is 2.10 bits per heavy atom. The molecule has 5 heterocycles. The molecule has 0 aliphatic carbocycles. The van der Waals surface area contributed by atoms with Crippen LogP contribution in [0, 0.1) is 0 Å². The predicted molar refractivity (Wildman–Crippen MR) is 231 cm³/mol. The Hall–Kier alpha value is -6.53. The van der Waals surface area contributed by atoms with E-state index >= 15 is 0 Å². The van der Waals surface area contributed by atoms with E-state index in [1.165, 1.54) is 11.8 Å². The highest BCUT2D eigenvalue weighted by Gasteiger charge is 2.55. The second-order valence-corrected chi connectivity index (χ2v) is 18.0. The number of hydrogen-bond acceptors (Lipinski definition) is 13. The van der Waals surface area contributed by atoms with Crippen molar-refractivity contribution in [3.63, 3.8) is 0 Å². The average molecular weight is 877 g/mol. The Morgan fingerprint density at radius 1 is 0.935 bits per heavy atom. The topological polar surface area (TPSA) is 210 Å². The fraction of sp³-hybridized carbons (Fsp3) is 0.318. The number of amides is 4. The van der Waals surface area contributed by atoms with Crippen LogP contribution >= 0.6 is 23.3 Å². The molecule has 4 aliphatic heterocycles. The number of allylic oxidation sites excluding steroid dienone is 1. The molecule has 3 aromatic carbocycles. The number of rotatable bonds is 11. The number of nitrogens with two attached hydrogens (primary N) is 1. The highest BCUT2D eigenvalue weighted by Crippen LogP contribution is 2.43. The van der Waals surface area contributed by atoms with Crippen molar-refractivity contribution in [3.8, 4) is 0 Å². The molecular weight excluding hydrogens is 833 g/mol. The molecule has 18 heteroatoms. The Labute approximate surface area is 365 Å². The van der Waals surface area contributed by atoms with Crippen molar-refractivity contribution in [2.75, 3.05) is 31.1 Å². The third-order valence-electron chi connectivity index (χ3n) is 10.9. The molecule has 1 aromatic heterocycles. The van der Waals surface area contributed by atoms with Gasteiger partial charge in [-0.05, 0) is 45.3 Å². The van der Waals surface area contributed by atoms with Gasteiger partial charge in [-0.3, -0.25) is 19.3 Å². The van der Waals surface area contributed by atoms with Gasteiger partial charge >= 0.3 is 12.1 Å². The first kappa shape index (κ1) is 42.2. The number of carboxylic acid groups (broad SMARTS) is 1. The van der Waals surface area contributed by atoms with Crippen LogP contribution in [0.1, 0.15) is 56.1 Å². The maximum absolute atomic E-state index is 14.3. The molecule has 8 rings (SSSR count). The van der Waals surface area contributed by atoms with Crippen molar-refractivity contribution in [1.82, 2.24) is 29.4 Å². The molecule has 3 unspecified atom stereocenters. The number of carbonyl (C=O) groups excluding carboxylic acids is 4. The van der Waals surface area contributed by atoms with Crippen LogP contribution in [0.3, 0.4) is 0 Å². The number of thioether (sulfide) groups is 1. The molecule has 0 bridgehead atoms. The lowest BCUT2D eigenvalue weighted by atomic mass is 9.80. The smallest absolute Gasteiger partial charge is 0.410 e. The fourth-order valence-electron chi connectivity index (χ4n) is 8.08. The molecule has 0 spiro atoms. The van der Waals surface area contributed by atoms with Crippen molar-refractivity contribution in [2.45, 2.75) is 62.3 Å². The zero-order chi connectivity index (χ0) is 43.8. The second kappa shape index (κ2) is 17.1. The number of likely N-dealkylation sites (tertiary alicyclic amines) is 2. The molecule has 16 nitrogen and oxygen atoms in total. The van der Waals surface area contributed by atoms with E-state index in [0.29, 0.717) is 60.3 Å². The molecule has 4 N–H and O–H groups in total. The van der Waals surface area contributed by atoms with Crippen LogP contribution in [0.15, 0.2) is 119 Å². The van der Waals surface area contributed by atoms with Gasteiger partial charge in [0, 0.05) is 59.2 Å². The molecule has 0 saturated carbocycles. The van der Waals surface area contributed by atoms with Gasteiger partial charge in [0.25, 0.3) is 11.8 Å². The lowest BCUT2D eigenvalue weighted by Gasteiger charge is -2.49. The first-order valence-electron chi connectivity index (χ1n) is 20.0. The number of carbonyl (C=O) groups is 5. The van der Waals surface area contributed by atoms with Crippen molar-refractivity contribution < 1.29 is 38.7 Å². The number of ether oxygens (including phenoxy) is 1. The third kappa shape index (κ3) is 8.14. The van der Waals surface area contributed by atoms with Crippen LogP contribution in [-0.2, 0) is 34.4 Å². The van der Waals surface area contributed by atoms with E-state index in [-0.39, 0.29) is 40.1 Å². The molecule has 4 aromatic rings. The van der Waals surface area contributed by atoms with Gasteiger partial charge < -0.3 is 35.5 Å². The van der Waals surface area contributed by atoms with Crippen LogP contribution in [0.25, 0.3) is 0 Å². The molecule has 3 fully saturated rings. The molecule has 62 heavy (non-hydrogen) atoms. The number of nitrogen functional groups attached to an aromatic ring is 1. The zero-order valence-corrected chi connectivity index (χ0v) is 35.7. The Bertz CT molecular complexity index is 2390. The van der Waals surface area contributed by atoms with Gasteiger partial charge in [-0.25, -0.2) is 9.59 Å². The van der Waals surface area contributed by atoms with Crippen LogP contribution in [0.4, 0.5) is 9.93 Å². The van der Waals surface area contributed by atoms with Crippen LogP contribution < -0.4 is 11.1 Å². The Kier molecular flexibility index (Phi) is 11.6. The quantitative estimate of drug-likeness (QED) is 0.0614. The largest absolute Gasteiger partial charge is 0.477 e. The summed E-state index contributed by atoms with van der Waals surface area (Å²) in [4.78, 5) is 82.5. The number of hydrogen-bond donors (Lipinski definition) is 3. The van der Waals surface area contributed by atoms with Gasteiger partial charge in [0.2, 0.25) is 23.0 Å². The second-order valence-electron chi connectivity index (χ2n) is 16.1. The summed E-state index contributed by atoms with van der Waals surface area (Å²) in [5.41, 5.74) is 6.21. The number of anilines is 1. The van der Waals surface area contributed by atoms with Gasteiger partial charge in [-0.2, -0.15) is 9.36 Å². The summed E-state index contributed by atoms with van der Waals surface area (Å²) < 4.78 is 9.76. The molecule has 0 radical (unpaired) electrons. The van der Waals surface area contributed by atoms with Crippen LogP contribution in [0.2, 0.25) is 0 Å². The standard InChI is InChI=1S/C44H44N8O8S2/c1-43(2,3)59-42(58)50-21-20-31(24-50)51-22-19-26(37(51)54)23-27-25-61-39-33(38(55)52(39)34(27)40(56)57)46-36(53)32(35-47-41(45)62-49-35)48-60-44(28-13-7-4-8-14-28,29-15-9-5-10-16-29)30-17-11-6-12-18-30/h4-18,23,31,33,39H,19-22,24-25H2,1-3H3,(H,46,53)(H,56,57)(H2,45,47,49). The van der Waals surface area contributed by atoms with Gasteiger partial charge in [0.05, 0.1) is 6.04 Å². The monoisotopic (exact) mass is 876 g/mol. The molecule has 4 amide bonds. The zero-order valence-electron chi connectivity index (χ0n) is 34.1. The SMILES string of the molecule is CC(C)(C)OC(=O)N1CCC(N2CCC(=CC3=C(C(=O)O)N4C(=O)C(NC(=O)C(=NOC(c5ccccc5)(c5ccccc5)c5ccccc5)c5nsc(N)n5)C4SC3)C2=O)C1. The van der Waals surface area contributed by atoms with Crippen LogP contribution in [-0.4, -0.2) is 113 Å². The number of oxime groups is 1. The lowest BCUT2D eigenvalue weighted by molar-refractivity contribution is -0.150. The van der Waals surface area contributed by atoms with Crippen molar-refractivity contribution in [2.24, 2.45) is 5.16 Å². The van der Waals surface area contributed by atoms with E-state index < -0.39 is 46.5 Å². The van der Waals surface area contributed by atoms with E-state index in [9.17, 15) is 29.1 Å². The minimum atomic E-state index is -1.36. The van der Waals surface area contributed by atoms with Crippen LogP contribution in [0.5, 0.6) is 0 Å². The maximum atomic E-state index is 14.3. The molecule has 4 aliphatic rings. The van der Waals surface area contributed by atoms with Gasteiger partial charge in [-0.1, -0.05) is 96.2 Å². The molecular formula is C44H44N8O8S2. The average Bonchev–Trinajstić information content (AvgIpc) is 4.02. The van der Waals surface area contributed by atoms with Gasteiger partial charge in [0.15, 0.2) is 5.13 Å². The van der Waals surface area contributed by atoms with E-state index in [4.69, 9.17) is 15.3 Å². The highest BCUT2D eigenvalue weighted by atomic mass is 32.2. The lowest BCUT2D eigenvalue weighted by Crippen LogP contribution is -2.71. The summed E-state index contributed by atoms with van der Waals surface area (Å²) in [5.74, 6) is -3.06. The molecule has 3 saturated heterocycles. The minimum Gasteiger partial charge on any atom is -0.477 e. The Morgan fingerprint density at radius 2 is 1.55 bits per heavy atom.